The van der Waals surface area contributed by atoms with Gasteiger partial charge in [-0.15, -0.1) is 0 Å². The molecule has 1 heterocycles. The van der Waals surface area contributed by atoms with E-state index in [1.807, 2.05) is 0 Å². The van der Waals surface area contributed by atoms with Gasteiger partial charge in [-0.2, -0.15) is 0 Å². The van der Waals surface area contributed by atoms with E-state index in [0.717, 1.165) is 0 Å². The zero-order valence-corrected chi connectivity index (χ0v) is 7.59. The number of aromatic nitrogens is 2. The molecule has 0 amide bonds. The van der Waals surface area contributed by atoms with Crippen LogP contribution in [0.15, 0.2) is 23.1 Å². The molecule has 3 nitrogen and oxygen atoms in total. The van der Waals surface area contributed by atoms with E-state index in [2.05, 4.69) is 4.98 Å². The summed E-state index contributed by atoms with van der Waals surface area (Å²) < 4.78 is 1.67. The Morgan fingerprint density at radius 3 is 3.00 bits per heavy atom. The van der Waals surface area contributed by atoms with Crippen molar-refractivity contribution in [2.45, 2.75) is 6.54 Å². The van der Waals surface area contributed by atoms with Crippen molar-refractivity contribution in [3.05, 3.63) is 28.8 Å². The number of allylic oxidation sites excluding steroid dienone is 1. The first kappa shape index (κ1) is 9.29. The van der Waals surface area contributed by atoms with Crippen molar-refractivity contribution in [1.29, 1.82) is 0 Å². The maximum atomic E-state index is 10.2. The van der Waals surface area contributed by atoms with Crippen molar-refractivity contribution in [1.82, 2.24) is 9.55 Å². The highest BCUT2D eigenvalue weighted by molar-refractivity contribution is 6.36. The van der Waals surface area contributed by atoms with Gasteiger partial charge in [0.2, 0.25) is 0 Å². The fourth-order valence-corrected chi connectivity index (χ4v) is 0.941. The number of halogens is 2. The third-order valence-corrected chi connectivity index (χ3v) is 1.83. The highest BCUT2D eigenvalue weighted by atomic mass is 35.5. The molecule has 0 aliphatic carbocycles. The highest BCUT2D eigenvalue weighted by Gasteiger charge is 1.97. The second kappa shape index (κ2) is 4.28. The fraction of sp³-hybridized carbons (Fsp3) is 0.143. The van der Waals surface area contributed by atoms with Gasteiger partial charge in [0.15, 0.2) is 6.29 Å². The van der Waals surface area contributed by atoms with Gasteiger partial charge in [0, 0.05) is 16.8 Å². The molecule has 0 saturated heterocycles. The number of nitrogens with zero attached hydrogens (tertiary/aromatic N) is 2. The first-order valence-electron chi connectivity index (χ1n) is 3.18. The number of hydrogen-bond donors (Lipinski definition) is 0. The van der Waals surface area contributed by atoms with Crippen LogP contribution in [-0.4, -0.2) is 15.8 Å². The Morgan fingerprint density at radius 2 is 2.50 bits per heavy atom. The Hall–Kier alpha value is -0.800. The standard InChI is InChI=1S/C7H6Cl2N2O/c8-1-6(9)2-11-3-7(4-12)10-5-11/h1,3-5H,2H2/b6-1+. The van der Waals surface area contributed by atoms with Crippen LogP contribution in [0.2, 0.25) is 0 Å². The molecule has 1 aromatic rings. The Kier molecular flexibility index (Phi) is 3.31. The van der Waals surface area contributed by atoms with Crippen LogP contribution in [0, 0.1) is 0 Å². The summed E-state index contributed by atoms with van der Waals surface area (Å²) in [7, 11) is 0. The number of carbonyl (C=O) groups excluding carboxylic acids is 1. The monoisotopic (exact) mass is 204 g/mol. The van der Waals surface area contributed by atoms with Crippen LogP contribution in [0.1, 0.15) is 10.5 Å². The third kappa shape index (κ3) is 2.36. The molecule has 0 aliphatic heterocycles. The van der Waals surface area contributed by atoms with E-state index in [-0.39, 0.29) is 0 Å². The lowest BCUT2D eigenvalue weighted by Crippen LogP contribution is -1.93. The molecule has 0 bridgehead atoms. The number of rotatable bonds is 3. The first-order valence-corrected chi connectivity index (χ1v) is 3.99. The maximum absolute atomic E-state index is 10.2. The van der Waals surface area contributed by atoms with Gasteiger partial charge in [-0.1, -0.05) is 23.2 Å². The molecule has 0 saturated carbocycles. The lowest BCUT2D eigenvalue weighted by atomic mass is 10.5. The van der Waals surface area contributed by atoms with E-state index in [9.17, 15) is 4.79 Å². The predicted octanol–water partition coefficient (Wildman–Crippen LogP) is 2.01. The Bertz CT molecular complexity index is 306. The molecule has 0 atom stereocenters. The van der Waals surface area contributed by atoms with Crippen molar-refractivity contribution in [2.24, 2.45) is 0 Å². The smallest absolute Gasteiger partial charge is 0.169 e. The van der Waals surface area contributed by atoms with Gasteiger partial charge < -0.3 is 4.57 Å². The Labute approximate surface area is 79.6 Å². The van der Waals surface area contributed by atoms with Gasteiger partial charge in [0.05, 0.1) is 12.9 Å². The van der Waals surface area contributed by atoms with Gasteiger partial charge in [0.25, 0.3) is 0 Å². The van der Waals surface area contributed by atoms with Crippen molar-refractivity contribution < 1.29 is 4.79 Å². The lowest BCUT2D eigenvalue weighted by molar-refractivity contribution is 0.111. The van der Waals surface area contributed by atoms with E-state index in [0.29, 0.717) is 23.6 Å². The fourth-order valence-electron chi connectivity index (χ4n) is 0.734. The van der Waals surface area contributed by atoms with Gasteiger partial charge in [0.1, 0.15) is 5.69 Å². The summed E-state index contributed by atoms with van der Waals surface area (Å²) in [5.41, 5.74) is 1.66. The van der Waals surface area contributed by atoms with Crippen molar-refractivity contribution in [2.75, 3.05) is 0 Å². The van der Waals surface area contributed by atoms with Crippen LogP contribution >= 0.6 is 23.2 Å². The molecule has 1 aromatic heterocycles. The van der Waals surface area contributed by atoms with E-state index >= 15 is 0 Å². The summed E-state index contributed by atoms with van der Waals surface area (Å²) in [6.45, 7) is 0.436. The zero-order valence-electron chi connectivity index (χ0n) is 6.08. The third-order valence-electron chi connectivity index (χ3n) is 1.23. The predicted molar refractivity (Wildman–Crippen MR) is 47.4 cm³/mol. The minimum Gasteiger partial charge on any atom is -0.331 e. The summed E-state index contributed by atoms with van der Waals surface area (Å²) in [6.07, 6.45) is 3.79. The molecule has 1 rings (SSSR count). The number of hydrogen-bond acceptors (Lipinski definition) is 2. The van der Waals surface area contributed by atoms with Crippen molar-refractivity contribution in [3.63, 3.8) is 0 Å². The topological polar surface area (TPSA) is 34.9 Å². The number of carbonyl (C=O) groups is 1. The summed E-state index contributed by atoms with van der Waals surface area (Å²) >= 11 is 11.0. The molecular weight excluding hydrogens is 199 g/mol. The molecular formula is C7H6Cl2N2O. The van der Waals surface area contributed by atoms with E-state index < -0.39 is 0 Å². The van der Waals surface area contributed by atoms with Crippen LogP contribution < -0.4 is 0 Å². The number of aldehydes is 1. The molecule has 0 fully saturated rings. The Morgan fingerprint density at radius 1 is 1.75 bits per heavy atom. The zero-order chi connectivity index (χ0) is 8.97. The highest BCUT2D eigenvalue weighted by Crippen LogP contribution is 2.06. The van der Waals surface area contributed by atoms with Crippen LogP contribution in [0.4, 0.5) is 0 Å². The van der Waals surface area contributed by atoms with E-state index in [1.54, 1.807) is 10.8 Å². The molecule has 0 aromatic carbocycles. The quantitative estimate of drug-likeness (QED) is 0.707. The van der Waals surface area contributed by atoms with Crippen LogP contribution in [0.5, 0.6) is 0 Å². The first-order chi connectivity index (χ1) is 5.76. The maximum Gasteiger partial charge on any atom is 0.169 e. The number of imidazole rings is 1. The van der Waals surface area contributed by atoms with Crippen LogP contribution in [0.25, 0.3) is 0 Å². The van der Waals surface area contributed by atoms with E-state index in [1.165, 1.54) is 11.9 Å². The second-order valence-electron chi connectivity index (χ2n) is 2.14. The average Bonchev–Trinajstić information content (AvgIpc) is 2.52. The van der Waals surface area contributed by atoms with Crippen molar-refractivity contribution >= 4 is 29.5 Å². The molecule has 0 radical (unpaired) electrons. The molecule has 0 spiro atoms. The summed E-state index contributed by atoms with van der Waals surface area (Å²) in [6, 6.07) is 0. The average molecular weight is 205 g/mol. The molecule has 12 heavy (non-hydrogen) atoms. The molecule has 64 valence electrons. The molecule has 5 heteroatoms. The minimum absolute atomic E-state index is 0.383. The molecule has 0 N–H and O–H groups in total. The normalized spacial score (nSPS) is 11.7. The van der Waals surface area contributed by atoms with E-state index in [4.69, 9.17) is 23.2 Å². The summed E-state index contributed by atoms with van der Waals surface area (Å²) in [5.74, 6) is 0. The lowest BCUT2D eigenvalue weighted by Gasteiger charge is -1.96. The minimum atomic E-state index is 0.383. The molecule has 0 unspecified atom stereocenters. The van der Waals surface area contributed by atoms with Crippen LogP contribution in [-0.2, 0) is 6.54 Å². The Balaban J connectivity index is 2.70. The molecule has 0 aliphatic rings. The van der Waals surface area contributed by atoms with Crippen LogP contribution in [0.3, 0.4) is 0 Å². The summed E-state index contributed by atoms with van der Waals surface area (Å²) in [5, 5.41) is 0.492. The second-order valence-corrected chi connectivity index (χ2v) is 2.85. The van der Waals surface area contributed by atoms with Gasteiger partial charge in [-0.25, -0.2) is 4.98 Å². The summed E-state index contributed by atoms with van der Waals surface area (Å²) in [4.78, 5) is 14.0. The largest absolute Gasteiger partial charge is 0.331 e. The van der Waals surface area contributed by atoms with Gasteiger partial charge in [-0.3, -0.25) is 4.79 Å². The van der Waals surface area contributed by atoms with Crippen molar-refractivity contribution in [3.8, 4) is 0 Å². The van der Waals surface area contributed by atoms with Gasteiger partial charge >= 0.3 is 0 Å². The SMILES string of the molecule is O=Cc1cn(C/C(Cl)=C\Cl)cn1. The van der Waals surface area contributed by atoms with Gasteiger partial charge in [-0.05, 0) is 0 Å².